The lowest BCUT2D eigenvalue weighted by molar-refractivity contribution is 0.978. The summed E-state index contributed by atoms with van der Waals surface area (Å²) in [5.41, 5.74) is 8.86. The van der Waals surface area contributed by atoms with Crippen molar-refractivity contribution in [3.63, 3.8) is 0 Å². The van der Waals surface area contributed by atoms with Crippen LogP contribution in [0.1, 0.15) is 0 Å². The van der Waals surface area contributed by atoms with Crippen LogP contribution in [-0.4, -0.2) is 20.6 Å². The van der Waals surface area contributed by atoms with Gasteiger partial charge in [0, 0.05) is 48.5 Å². The molecule has 0 aliphatic rings. The van der Waals surface area contributed by atoms with Crippen molar-refractivity contribution < 1.29 is 0 Å². The van der Waals surface area contributed by atoms with Crippen LogP contribution in [-0.2, 0) is 0 Å². The third kappa shape index (κ3) is 4.74. The fraction of sp³-hybridized carbons (Fsp3) is 0.143. The number of benzene rings is 3. The number of nitrogens with one attached hydrogen (secondary N) is 1. The summed E-state index contributed by atoms with van der Waals surface area (Å²) >= 11 is 1.57. The van der Waals surface area contributed by atoms with Gasteiger partial charge in [0.1, 0.15) is 0 Å². The quantitative estimate of drug-likeness (QED) is 0.330. The summed E-state index contributed by atoms with van der Waals surface area (Å²) in [4.78, 5) is 3.29. The Kier molecular flexibility index (Phi) is 6.24. The van der Waals surface area contributed by atoms with Gasteiger partial charge in [-0.05, 0) is 41.6 Å². The number of anilines is 2. The Morgan fingerprint density at radius 2 is 1.67 bits per heavy atom. The molecule has 27 heavy (non-hydrogen) atoms. The lowest BCUT2D eigenvalue weighted by atomic mass is 10.1. The average Bonchev–Trinajstić information content (AvgIpc) is 2.68. The molecule has 3 rings (SSSR count). The monoisotopic (exact) mass is 379 g/mol. The van der Waals surface area contributed by atoms with Crippen LogP contribution in [0.25, 0.3) is 10.8 Å². The van der Waals surface area contributed by atoms with E-state index in [1.807, 2.05) is 30.3 Å². The number of nitrogens with zero attached hydrogens (tertiary/aromatic N) is 2. The summed E-state index contributed by atoms with van der Waals surface area (Å²) in [5.74, 6) is 6.04. The molecule has 5 nitrogen and oxygen atoms in total. The van der Waals surface area contributed by atoms with Crippen molar-refractivity contribution in [2.75, 3.05) is 30.5 Å². The van der Waals surface area contributed by atoms with E-state index in [-0.39, 0.29) is 0 Å². The molecule has 6 heteroatoms. The highest BCUT2D eigenvalue weighted by molar-refractivity contribution is 7.97. The standard InChI is InChI=1S/C21H25N5S/c1-25(2)20-12-6-11-19-18(20)10-7-13-21(19)27-24-14-16(22)15-26(23)17-8-4-3-5-9-17/h3-13,15,24H,14,22-23H2,1-2H3/b16-15-. The molecule has 5 N–H and O–H groups in total. The van der Waals surface area contributed by atoms with Gasteiger partial charge in [-0.25, -0.2) is 5.84 Å². The molecular formula is C21H25N5S. The van der Waals surface area contributed by atoms with Gasteiger partial charge in [0.2, 0.25) is 0 Å². The molecule has 140 valence electrons. The van der Waals surface area contributed by atoms with Crippen molar-refractivity contribution in [1.29, 1.82) is 0 Å². The van der Waals surface area contributed by atoms with Crippen LogP contribution < -0.4 is 26.2 Å². The number of nitrogens with two attached hydrogens (primary N) is 2. The summed E-state index contributed by atoms with van der Waals surface area (Å²) < 4.78 is 3.33. The molecule has 0 atom stereocenters. The van der Waals surface area contributed by atoms with Crippen LogP contribution in [0.2, 0.25) is 0 Å². The number of hydrazine groups is 1. The summed E-state index contributed by atoms with van der Waals surface area (Å²) in [6.45, 7) is 0.523. The molecule has 0 heterocycles. The van der Waals surface area contributed by atoms with Gasteiger partial charge in [-0.1, -0.05) is 42.5 Å². The Balaban J connectivity index is 1.67. The van der Waals surface area contributed by atoms with Gasteiger partial charge >= 0.3 is 0 Å². The van der Waals surface area contributed by atoms with Crippen molar-refractivity contribution in [2.45, 2.75) is 4.90 Å². The second-order valence-corrected chi connectivity index (χ2v) is 7.33. The second kappa shape index (κ2) is 8.81. The normalized spacial score (nSPS) is 11.6. The van der Waals surface area contributed by atoms with E-state index >= 15 is 0 Å². The first kappa shape index (κ1) is 19.1. The Bertz CT molecular complexity index is 924. The maximum Gasteiger partial charge on any atom is 0.0568 e. The third-order valence-electron chi connectivity index (χ3n) is 4.16. The molecule has 3 aromatic carbocycles. The molecule has 0 fully saturated rings. The topological polar surface area (TPSA) is 70.5 Å². The molecule has 3 aromatic rings. The van der Waals surface area contributed by atoms with Crippen molar-refractivity contribution in [3.8, 4) is 0 Å². The van der Waals surface area contributed by atoms with Gasteiger partial charge in [-0.3, -0.25) is 9.73 Å². The molecule has 0 amide bonds. The predicted molar refractivity (Wildman–Crippen MR) is 118 cm³/mol. The first-order valence-electron chi connectivity index (χ1n) is 8.70. The van der Waals surface area contributed by atoms with E-state index in [4.69, 9.17) is 11.6 Å². The molecule has 0 aromatic heterocycles. The molecule has 0 saturated heterocycles. The predicted octanol–water partition coefficient (Wildman–Crippen LogP) is 3.68. The largest absolute Gasteiger partial charge is 0.400 e. The van der Waals surface area contributed by atoms with Gasteiger partial charge in [-0.15, -0.1) is 0 Å². The Labute approximate surface area is 164 Å². The number of hydrogen-bond donors (Lipinski definition) is 3. The number of para-hydroxylation sites is 1. The van der Waals surface area contributed by atoms with Crippen molar-refractivity contribution >= 4 is 34.1 Å². The molecule has 0 aliphatic carbocycles. The molecule has 0 radical (unpaired) electrons. The zero-order chi connectivity index (χ0) is 19.2. The van der Waals surface area contributed by atoms with Crippen LogP contribution in [0.15, 0.2) is 83.5 Å². The second-order valence-electron chi connectivity index (χ2n) is 6.39. The molecule has 0 spiro atoms. The van der Waals surface area contributed by atoms with Crippen LogP contribution >= 0.6 is 11.9 Å². The minimum atomic E-state index is 0.523. The van der Waals surface area contributed by atoms with E-state index in [1.54, 1.807) is 18.1 Å². The van der Waals surface area contributed by atoms with Gasteiger partial charge in [0.15, 0.2) is 0 Å². The van der Waals surface area contributed by atoms with Gasteiger partial charge in [0.05, 0.1) is 5.69 Å². The minimum Gasteiger partial charge on any atom is -0.400 e. The highest BCUT2D eigenvalue weighted by Crippen LogP contribution is 2.31. The Hall–Kier alpha value is -2.67. The summed E-state index contributed by atoms with van der Waals surface area (Å²) in [6, 6.07) is 22.4. The smallest absolute Gasteiger partial charge is 0.0568 e. The summed E-state index contributed by atoms with van der Waals surface area (Å²) in [7, 11) is 4.12. The number of rotatable bonds is 7. The summed E-state index contributed by atoms with van der Waals surface area (Å²) in [6.07, 6.45) is 1.73. The SMILES string of the molecule is CN(C)c1cccc2c(SNC/C(N)=C/N(N)c3ccccc3)cccc12. The number of hydrogen-bond acceptors (Lipinski definition) is 6. The fourth-order valence-corrected chi connectivity index (χ4v) is 3.67. The maximum atomic E-state index is 6.11. The minimum absolute atomic E-state index is 0.523. The van der Waals surface area contributed by atoms with E-state index in [0.717, 1.165) is 10.6 Å². The van der Waals surface area contributed by atoms with Crippen LogP contribution in [0.5, 0.6) is 0 Å². The molecule has 0 saturated carbocycles. The molecule has 0 unspecified atom stereocenters. The Morgan fingerprint density at radius 3 is 2.41 bits per heavy atom. The van der Waals surface area contributed by atoms with Crippen molar-refractivity contribution in [1.82, 2.24) is 4.72 Å². The van der Waals surface area contributed by atoms with Crippen molar-refractivity contribution in [3.05, 3.63) is 78.6 Å². The van der Waals surface area contributed by atoms with E-state index in [1.165, 1.54) is 21.5 Å². The zero-order valence-corrected chi connectivity index (χ0v) is 16.4. The van der Waals surface area contributed by atoms with Crippen LogP contribution in [0.3, 0.4) is 0 Å². The molecular weight excluding hydrogens is 354 g/mol. The van der Waals surface area contributed by atoms with E-state index in [0.29, 0.717) is 12.2 Å². The van der Waals surface area contributed by atoms with Crippen LogP contribution in [0, 0.1) is 0 Å². The average molecular weight is 380 g/mol. The fourth-order valence-electron chi connectivity index (χ4n) is 2.84. The number of fused-ring (bicyclic) bond motifs is 1. The van der Waals surface area contributed by atoms with Crippen molar-refractivity contribution in [2.24, 2.45) is 11.6 Å². The lowest BCUT2D eigenvalue weighted by Crippen LogP contribution is -2.27. The summed E-state index contributed by atoms with van der Waals surface area (Å²) in [5, 5.41) is 3.98. The van der Waals surface area contributed by atoms with Gasteiger partial charge < -0.3 is 10.6 Å². The third-order valence-corrected chi connectivity index (χ3v) is 5.02. The zero-order valence-electron chi connectivity index (χ0n) is 15.6. The van der Waals surface area contributed by atoms with Gasteiger partial charge in [-0.2, -0.15) is 0 Å². The molecule has 0 bridgehead atoms. The highest BCUT2D eigenvalue weighted by atomic mass is 32.2. The lowest BCUT2D eigenvalue weighted by Gasteiger charge is -2.17. The first-order chi connectivity index (χ1) is 13.1. The van der Waals surface area contributed by atoms with E-state index < -0.39 is 0 Å². The van der Waals surface area contributed by atoms with Gasteiger partial charge in [0.25, 0.3) is 0 Å². The highest BCUT2D eigenvalue weighted by Gasteiger charge is 2.07. The Morgan fingerprint density at radius 1 is 0.963 bits per heavy atom. The van der Waals surface area contributed by atoms with E-state index in [9.17, 15) is 0 Å². The first-order valence-corrected chi connectivity index (χ1v) is 9.52. The van der Waals surface area contributed by atoms with E-state index in [2.05, 4.69) is 60.1 Å². The maximum absolute atomic E-state index is 6.11. The molecule has 0 aliphatic heterocycles. The van der Waals surface area contributed by atoms with Crippen LogP contribution in [0.4, 0.5) is 11.4 Å².